The molecule has 0 heterocycles. The van der Waals surface area contributed by atoms with E-state index in [-0.39, 0.29) is 5.56 Å². The molecular weight excluding hydrogens is 235 g/mol. The van der Waals surface area contributed by atoms with E-state index in [0.29, 0.717) is 0 Å². The molecule has 0 amide bonds. The van der Waals surface area contributed by atoms with Crippen LogP contribution in [0.15, 0.2) is 24.3 Å². The van der Waals surface area contributed by atoms with Gasteiger partial charge in [-0.25, -0.2) is 0 Å². The van der Waals surface area contributed by atoms with Crippen molar-refractivity contribution in [3.63, 3.8) is 0 Å². The first-order chi connectivity index (χ1) is 7.26. The maximum atomic E-state index is 12.4. The van der Waals surface area contributed by atoms with Gasteiger partial charge in [0, 0.05) is 5.56 Å². The highest BCUT2D eigenvalue weighted by Gasteiger charge is 2.61. The lowest BCUT2D eigenvalue weighted by atomic mass is 10.2. The van der Waals surface area contributed by atoms with Crippen molar-refractivity contribution >= 4 is 6.29 Å². The maximum Gasteiger partial charge on any atom is 0.499 e. The summed E-state index contributed by atoms with van der Waals surface area (Å²) in [5.41, 5.74) is -0.185. The van der Waals surface area contributed by atoms with Gasteiger partial charge in [0.05, 0.1) is 0 Å². The second-order valence-electron chi connectivity index (χ2n) is 2.75. The smallest absolute Gasteiger partial charge is 0.426 e. The molecule has 16 heavy (non-hydrogen) atoms. The molecule has 0 aromatic heterocycles. The average Bonchev–Trinajstić information content (AvgIpc) is 2.15. The molecule has 0 unspecified atom stereocenters. The van der Waals surface area contributed by atoms with Crippen LogP contribution in [0.2, 0.25) is 0 Å². The molecule has 1 aromatic rings. The second kappa shape index (κ2) is 4.07. The summed E-state index contributed by atoms with van der Waals surface area (Å²) >= 11 is 0. The van der Waals surface area contributed by atoms with E-state index >= 15 is 0 Å². The molecule has 0 aliphatic heterocycles. The van der Waals surface area contributed by atoms with Crippen LogP contribution >= 0.6 is 0 Å². The monoisotopic (exact) mass is 239 g/mol. The number of rotatable bonds is 3. The molecule has 2 nitrogen and oxygen atoms in total. The van der Waals surface area contributed by atoms with E-state index in [1.54, 1.807) is 0 Å². The molecular formula is C9H4F5O2. The highest BCUT2D eigenvalue weighted by Crippen LogP contribution is 2.37. The topological polar surface area (TPSA) is 26.3 Å². The summed E-state index contributed by atoms with van der Waals surface area (Å²) in [5, 5.41) is 0. The lowest BCUT2D eigenvalue weighted by molar-refractivity contribution is -0.360. The summed E-state index contributed by atoms with van der Waals surface area (Å²) in [4.78, 5) is 10.1. The summed E-state index contributed by atoms with van der Waals surface area (Å²) in [7, 11) is 0. The van der Waals surface area contributed by atoms with Crippen molar-refractivity contribution in [3.05, 3.63) is 29.8 Å². The van der Waals surface area contributed by atoms with Gasteiger partial charge in [-0.3, -0.25) is 4.79 Å². The van der Waals surface area contributed by atoms with Gasteiger partial charge >= 0.3 is 12.3 Å². The van der Waals surface area contributed by atoms with Crippen LogP contribution in [-0.2, 0) is 4.79 Å². The van der Waals surface area contributed by atoms with E-state index < -0.39 is 18.0 Å². The second-order valence-corrected chi connectivity index (χ2v) is 2.75. The third-order valence-electron chi connectivity index (χ3n) is 1.53. The molecule has 0 spiro atoms. The van der Waals surface area contributed by atoms with Gasteiger partial charge in [-0.05, 0) is 12.1 Å². The molecule has 0 N–H and O–H groups in total. The van der Waals surface area contributed by atoms with Gasteiger partial charge in [-0.2, -0.15) is 22.0 Å². The van der Waals surface area contributed by atoms with Crippen molar-refractivity contribution in [1.29, 1.82) is 0 Å². The largest absolute Gasteiger partial charge is 0.499 e. The molecule has 1 radical (unpaired) electrons. The molecule has 0 fully saturated rings. The van der Waals surface area contributed by atoms with Crippen LogP contribution in [0.4, 0.5) is 22.0 Å². The van der Waals surface area contributed by atoms with Crippen molar-refractivity contribution < 1.29 is 31.5 Å². The van der Waals surface area contributed by atoms with E-state index in [1.165, 1.54) is 12.4 Å². The van der Waals surface area contributed by atoms with Gasteiger partial charge in [0.1, 0.15) is 5.75 Å². The SMILES string of the molecule is O=[C]c1cccc(OC(F)(F)C(F)(F)F)c1. The molecule has 0 bridgehead atoms. The van der Waals surface area contributed by atoms with Crippen LogP contribution in [0.1, 0.15) is 5.56 Å². The number of benzene rings is 1. The van der Waals surface area contributed by atoms with Gasteiger partial charge in [-0.15, -0.1) is 0 Å². The van der Waals surface area contributed by atoms with E-state index in [2.05, 4.69) is 4.74 Å². The Balaban J connectivity index is 2.92. The van der Waals surface area contributed by atoms with Crippen molar-refractivity contribution in [3.8, 4) is 5.75 Å². The van der Waals surface area contributed by atoms with Crippen LogP contribution < -0.4 is 4.74 Å². The van der Waals surface area contributed by atoms with Crippen molar-refractivity contribution in [1.82, 2.24) is 0 Å². The minimum absolute atomic E-state index is 0.185. The normalized spacial score (nSPS) is 12.3. The molecule has 0 aliphatic rings. The van der Waals surface area contributed by atoms with Crippen molar-refractivity contribution in [2.24, 2.45) is 0 Å². The van der Waals surface area contributed by atoms with Crippen molar-refractivity contribution in [2.45, 2.75) is 12.3 Å². The number of hydrogen-bond donors (Lipinski definition) is 0. The Hall–Kier alpha value is -1.66. The first-order valence-corrected chi connectivity index (χ1v) is 3.88. The van der Waals surface area contributed by atoms with Gasteiger partial charge < -0.3 is 4.74 Å². The molecule has 87 valence electrons. The molecule has 0 saturated carbocycles. The van der Waals surface area contributed by atoms with Gasteiger partial charge in [0.25, 0.3) is 0 Å². The van der Waals surface area contributed by atoms with Gasteiger partial charge in [0.15, 0.2) is 0 Å². The standard InChI is InChI=1S/C9H4F5O2/c10-8(11,12)9(13,14)16-7-3-1-2-6(4-7)5-15/h1-4H. The number of ether oxygens (including phenoxy) is 1. The van der Waals surface area contributed by atoms with Gasteiger partial charge in [0.2, 0.25) is 6.29 Å². The molecule has 0 aliphatic carbocycles. The summed E-state index contributed by atoms with van der Waals surface area (Å²) in [5.74, 6) is -0.761. The van der Waals surface area contributed by atoms with Crippen LogP contribution in [0, 0.1) is 0 Å². The zero-order chi connectivity index (χ0) is 12.4. The summed E-state index contributed by atoms with van der Waals surface area (Å²) in [6, 6.07) is 3.89. The van der Waals surface area contributed by atoms with Crippen molar-refractivity contribution in [2.75, 3.05) is 0 Å². The Labute approximate surface area is 86.6 Å². The summed E-state index contributed by atoms with van der Waals surface area (Å²) in [6.07, 6.45) is -9.77. The molecule has 1 aromatic carbocycles. The van der Waals surface area contributed by atoms with Crippen LogP contribution in [0.25, 0.3) is 0 Å². The number of carbonyl (C=O) groups excluding carboxylic acids is 1. The Morgan fingerprint density at radius 3 is 2.25 bits per heavy atom. The Morgan fingerprint density at radius 1 is 1.12 bits per heavy atom. The average molecular weight is 239 g/mol. The third kappa shape index (κ3) is 2.68. The first-order valence-electron chi connectivity index (χ1n) is 3.88. The molecule has 0 atom stereocenters. The highest BCUT2D eigenvalue weighted by atomic mass is 19.4. The quantitative estimate of drug-likeness (QED) is 0.758. The first kappa shape index (κ1) is 12.4. The van der Waals surface area contributed by atoms with E-state index in [0.717, 1.165) is 18.2 Å². The summed E-state index contributed by atoms with van der Waals surface area (Å²) < 4.78 is 63.5. The Bertz CT molecular complexity index is 386. The van der Waals surface area contributed by atoms with Crippen LogP contribution in [0.3, 0.4) is 0 Å². The fourth-order valence-corrected chi connectivity index (χ4v) is 0.829. The lowest BCUT2D eigenvalue weighted by Crippen LogP contribution is -2.41. The minimum atomic E-state index is -5.81. The molecule has 1 rings (SSSR count). The zero-order valence-corrected chi connectivity index (χ0v) is 7.52. The van der Waals surface area contributed by atoms with E-state index in [9.17, 15) is 26.7 Å². The minimum Gasteiger partial charge on any atom is -0.426 e. The lowest BCUT2D eigenvalue weighted by Gasteiger charge is -2.20. The molecule has 7 heteroatoms. The van der Waals surface area contributed by atoms with Crippen LogP contribution in [-0.4, -0.2) is 18.6 Å². The molecule has 0 saturated heterocycles. The third-order valence-corrected chi connectivity index (χ3v) is 1.53. The predicted molar refractivity (Wildman–Crippen MR) is 42.9 cm³/mol. The number of alkyl halides is 5. The maximum absolute atomic E-state index is 12.4. The predicted octanol–water partition coefficient (Wildman–Crippen LogP) is 2.68. The number of hydrogen-bond acceptors (Lipinski definition) is 2. The highest BCUT2D eigenvalue weighted by molar-refractivity contribution is 5.75. The van der Waals surface area contributed by atoms with Gasteiger partial charge in [-0.1, -0.05) is 12.1 Å². The fraction of sp³-hybridized carbons (Fsp3) is 0.222. The fourth-order valence-electron chi connectivity index (χ4n) is 0.829. The van der Waals surface area contributed by atoms with E-state index in [1.807, 2.05) is 0 Å². The zero-order valence-electron chi connectivity index (χ0n) is 7.52. The van der Waals surface area contributed by atoms with Crippen LogP contribution in [0.5, 0.6) is 5.75 Å². The Morgan fingerprint density at radius 2 is 1.75 bits per heavy atom. The van der Waals surface area contributed by atoms with E-state index in [4.69, 9.17) is 0 Å². The number of halogens is 5. The summed E-state index contributed by atoms with van der Waals surface area (Å²) in [6.45, 7) is 0. The Kier molecular flexibility index (Phi) is 3.16.